The summed E-state index contributed by atoms with van der Waals surface area (Å²) in [6.07, 6.45) is 1.26. The topological polar surface area (TPSA) is 35.5 Å². The number of halogens is 1. The first-order valence-corrected chi connectivity index (χ1v) is 7.01. The standard InChI is InChI=1S/C15H19BrO3/c1-4-18-15(17)14(19-10-9-11(2)3)12-5-7-13(16)8-6-12/h5-9,14H,4,10H2,1-3H3. The Morgan fingerprint density at radius 2 is 1.95 bits per heavy atom. The van der Waals surface area contributed by atoms with Crippen molar-refractivity contribution in [3.8, 4) is 0 Å². The van der Waals surface area contributed by atoms with Crippen LogP contribution in [0.1, 0.15) is 32.4 Å². The van der Waals surface area contributed by atoms with Gasteiger partial charge < -0.3 is 9.47 Å². The maximum Gasteiger partial charge on any atom is 0.339 e. The molecule has 1 unspecified atom stereocenters. The summed E-state index contributed by atoms with van der Waals surface area (Å²) >= 11 is 3.37. The molecule has 0 aliphatic heterocycles. The lowest BCUT2D eigenvalue weighted by Crippen LogP contribution is -2.19. The Morgan fingerprint density at radius 3 is 2.47 bits per heavy atom. The molecule has 0 fully saturated rings. The first kappa shape index (κ1) is 15.9. The van der Waals surface area contributed by atoms with Crippen molar-refractivity contribution in [3.63, 3.8) is 0 Å². The summed E-state index contributed by atoms with van der Waals surface area (Å²) < 4.78 is 11.6. The molecule has 3 nitrogen and oxygen atoms in total. The molecule has 0 aliphatic carbocycles. The van der Waals surface area contributed by atoms with Gasteiger partial charge in [0.05, 0.1) is 13.2 Å². The SMILES string of the molecule is CCOC(=O)C(OCC=C(C)C)c1ccc(Br)cc1. The van der Waals surface area contributed by atoms with Crippen molar-refractivity contribution in [2.75, 3.05) is 13.2 Å². The maximum atomic E-state index is 11.9. The largest absolute Gasteiger partial charge is 0.464 e. The number of hydrogen-bond acceptors (Lipinski definition) is 3. The summed E-state index contributed by atoms with van der Waals surface area (Å²) in [6, 6.07) is 7.47. The molecule has 0 saturated heterocycles. The molecule has 19 heavy (non-hydrogen) atoms. The monoisotopic (exact) mass is 326 g/mol. The molecule has 0 bridgehead atoms. The van der Waals surface area contributed by atoms with E-state index in [0.717, 1.165) is 15.6 Å². The van der Waals surface area contributed by atoms with Crippen molar-refractivity contribution in [1.82, 2.24) is 0 Å². The minimum absolute atomic E-state index is 0.345. The molecule has 104 valence electrons. The van der Waals surface area contributed by atoms with Crippen molar-refractivity contribution < 1.29 is 14.3 Å². The molecular formula is C15H19BrO3. The Kier molecular flexibility index (Phi) is 6.81. The highest BCUT2D eigenvalue weighted by atomic mass is 79.9. The quantitative estimate of drug-likeness (QED) is 0.584. The predicted octanol–water partition coefficient (Wildman–Crippen LogP) is 4.04. The molecule has 0 radical (unpaired) electrons. The van der Waals surface area contributed by atoms with E-state index in [9.17, 15) is 4.79 Å². The number of carbonyl (C=O) groups excluding carboxylic acids is 1. The highest BCUT2D eigenvalue weighted by Gasteiger charge is 2.22. The first-order valence-electron chi connectivity index (χ1n) is 6.21. The normalized spacial score (nSPS) is 11.8. The predicted molar refractivity (Wildman–Crippen MR) is 78.9 cm³/mol. The molecule has 0 heterocycles. The van der Waals surface area contributed by atoms with Gasteiger partial charge in [-0.05, 0) is 38.5 Å². The Bertz CT molecular complexity index is 433. The Labute approximate surface area is 122 Å². The van der Waals surface area contributed by atoms with Crippen molar-refractivity contribution in [2.45, 2.75) is 26.9 Å². The molecule has 0 N–H and O–H groups in total. The van der Waals surface area contributed by atoms with Crippen molar-refractivity contribution >= 4 is 21.9 Å². The van der Waals surface area contributed by atoms with Crippen molar-refractivity contribution in [1.29, 1.82) is 0 Å². The zero-order chi connectivity index (χ0) is 14.3. The molecule has 0 saturated carbocycles. The summed E-state index contributed by atoms with van der Waals surface area (Å²) in [6.45, 7) is 6.50. The van der Waals surface area contributed by atoms with Gasteiger partial charge in [0.25, 0.3) is 0 Å². The van der Waals surface area contributed by atoms with Gasteiger partial charge in [-0.2, -0.15) is 0 Å². The van der Waals surface area contributed by atoms with Crippen LogP contribution >= 0.6 is 15.9 Å². The number of benzene rings is 1. The van der Waals surface area contributed by atoms with E-state index in [1.807, 2.05) is 44.2 Å². The van der Waals surface area contributed by atoms with Crippen molar-refractivity contribution in [2.24, 2.45) is 0 Å². The molecule has 4 heteroatoms. The van der Waals surface area contributed by atoms with Crippen LogP contribution in [0, 0.1) is 0 Å². The second-order valence-corrected chi connectivity index (χ2v) is 5.21. The number of allylic oxidation sites excluding steroid dienone is 1. The summed E-state index contributed by atoms with van der Waals surface area (Å²) in [7, 11) is 0. The van der Waals surface area contributed by atoms with Gasteiger partial charge in [0.1, 0.15) is 0 Å². The fraction of sp³-hybridized carbons (Fsp3) is 0.400. The average Bonchev–Trinajstić information content (AvgIpc) is 2.36. The number of ether oxygens (including phenoxy) is 2. The number of rotatable bonds is 6. The van der Waals surface area contributed by atoms with Gasteiger partial charge in [0.15, 0.2) is 6.10 Å². The Morgan fingerprint density at radius 1 is 1.32 bits per heavy atom. The van der Waals surface area contributed by atoms with E-state index in [1.54, 1.807) is 6.92 Å². The smallest absolute Gasteiger partial charge is 0.339 e. The van der Waals surface area contributed by atoms with Gasteiger partial charge in [-0.15, -0.1) is 0 Å². The van der Waals surface area contributed by atoms with E-state index in [-0.39, 0.29) is 5.97 Å². The summed E-state index contributed by atoms with van der Waals surface area (Å²) in [4.78, 5) is 11.9. The second kappa shape index (κ2) is 8.12. The molecular weight excluding hydrogens is 308 g/mol. The second-order valence-electron chi connectivity index (χ2n) is 4.30. The highest BCUT2D eigenvalue weighted by molar-refractivity contribution is 9.10. The van der Waals surface area contributed by atoms with E-state index in [2.05, 4.69) is 15.9 Å². The van der Waals surface area contributed by atoms with Crippen LogP contribution in [-0.2, 0) is 14.3 Å². The lowest BCUT2D eigenvalue weighted by Gasteiger charge is -2.16. The van der Waals surface area contributed by atoms with Gasteiger partial charge in [-0.25, -0.2) is 4.79 Å². The van der Waals surface area contributed by atoms with Gasteiger partial charge in [-0.3, -0.25) is 0 Å². The minimum atomic E-state index is -0.677. The summed E-state index contributed by atoms with van der Waals surface area (Å²) in [5.74, 6) is -0.355. The van der Waals surface area contributed by atoms with E-state index in [1.165, 1.54) is 0 Å². The highest BCUT2D eigenvalue weighted by Crippen LogP contribution is 2.21. The third-order valence-electron chi connectivity index (χ3n) is 2.43. The lowest BCUT2D eigenvalue weighted by molar-refractivity contribution is -0.156. The van der Waals surface area contributed by atoms with Crippen LogP contribution in [0.2, 0.25) is 0 Å². The zero-order valence-corrected chi connectivity index (χ0v) is 13.1. The van der Waals surface area contributed by atoms with Crippen LogP contribution < -0.4 is 0 Å². The third-order valence-corrected chi connectivity index (χ3v) is 2.96. The third kappa shape index (κ3) is 5.57. The fourth-order valence-electron chi connectivity index (χ4n) is 1.47. The molecule has 0 aliphatic rings. The molecule has 1 aromatic carbocycles. The van der Waals surface area contributed by atoms with E-state index in [0.29, 0.717) is 13.2 Å². The molecule has 1 aromatic rings. The van der Waals surface area contributed by atoms with Crippen molar-refractivity contribution in [3.05, 3.63) is 46.0 Å². The van der Waals surface area contributed by atoms with Gasteiger partial charge in [0, 0.05) is 4.47 Å². The van der Waals surface area contributed by atoms with Gasteiger partial charge in [-0.1, -0.05) is 39.7 Å². The Hall–Kier alpha value is -1.13. The number of hydrogen-bond donors (Lipinski definition) is 0. The van der Waals surface area contributed by atoms with Gasteiger partial charge in [0.2, 0.25) is 0 Å². The lowest BCUT2D eigenvalue weighted by atomic mass is 10.1. The minimum Gasteiger partial charge on any atom is -0.464 e. The summed E-state index contributed by atoms with van der Waals surface area (Å²) in [5.41, 5.74) is 1.95. The Balaban J connectivity index is 2.82. The van der Waals surface area contributed by atoms with Crippen LogP contribution in [0.3, 0.4) is 0 Å². The van der Waals surface area contributed by atoms with Crippen LogP contribution in [-0.4, -0.2) is 19.2 Å². The number of esters is 1. The van der Waals surface area contributed by atoms with Crippen LogP contribution in [0.4, 0.5) is 0 Å². The molecule has 1 rings (SSSR count). The molecule has 1 atom stereocenters. The molecule has 0 spiro atoms. The van der Waals surface area contributed by atoms with E-state index < -0.39 is 6.10 Å². The summed E-state index contributed by atoms with van der Waals surface area (Å²) in [5, 5.41) is 0. The first-order chi connectivity index (χ1) is 9.04. The van der Waals surface area contributed by atoms with E-state index >= 15 is 0 Å². The molecule has 0 amide bonds. The maximum absolute atomic E-state index is 11.9. The zero-order valence-electron chi connectivity index (χ0n) is 11.5. The number of carbonyl (C=O) groups is 1. The van der Waals surface area contributed by atoms with Crippen LogP contribution in [0.5, 0.6) is 0 Å². The van der Waals surface area contributed by atoms with Crippen LogP contribution in [0.15, 0.2) is 40.4 Å². The van der Waals surface area contributed by atoms with Gasteiger partial charge >= 0.3 is 5.97 Å². The van der Waals surface area contributed by atoms with Crippen LogP contribution in [0.25, 0.3) is 0 Å². The van der Waals surface area contributed by atoms with E-state index in [4.69, 9.17) is 9.47 Å². The average molecular weight is 327 g/mol. The molecule has 0 aromatic heterocycles. The fourth-order valence-corrected chi connectivity index (χ4v) is 1.73.